The van der Waals surface area contributed by atoms with Gasteiger partial charge in [-0.15, -0.1) is 0 Å². The van der Waals surface area contributed by atoms with E-state index in [4.69, 9.17) is 14.0 Å². The van der Waals surface area contributed by atoms with Gasteiger partial charge in [0.05, 0.1) is 40.5 Å². The molecule has 1 fully saturated rings. The van der Waals surface area contributed by atoms with Crippen molar-refractivity contribution in [2.45, 2.75) is 52.0 Å². The number of alkyl halides is 3. The number of carbonyl (C=O) groups excluding carboxylic acids is 2. The summed E-state index contributed by atoms with van der Waals surface area (Å²) in [6, 6.07) is 15.2. The number of esters is 1. The van der Waals surface area contributed by atoms with Crippen LogP contribution in [0.25, 0.3) is 22.2 Å². The lowest BCUT2D eigenvalue weighted by Gasteiger charge is -2.32. The quantitative estimate of drug-likeness (QED) is 0.230. The number of halogens is 3. The molecule has 0 aliphatic carbocycles. The molecular formula is C30H28BF3N2O5. The molecule has 5 rings (SSSR count). The van der Waals surface area contributed by atoms with E-state index >= 15 is 0 Å². The summed E-state index contributed by atoms with van der Waals surface area (Å²) in [5, 5.41) is 5.04. The fourth-order valence-corrected chi connectivity index (χ4v) is 4.80. The van der Waals surface area contributed by atoms with E-state index in [1.165, 1.54) is 26.2 Å². The Morgan fingerprint density at radius 2 is 1.59 bits per heavy atom. The predicted molar refractivity (Wildman–Crippen MR) is 148 cm³/mol. The van der Waals surface area contributed by atoms with Gasteiger partial charge in [-0.05, 0) is 69.9 Å². The summed E-state index contributed by atoms with van der Waals surface area (Å²) < 4.78 is 60.0. The summed E-state index contributed by atoms with van der Waals surface area (Å²) in [6.07, 6.45) is -4.75. The van der Waals surface area contributed by atoms with Gasteiger partial charge in [0, 0.05) is 10.9 Å². The summed E-state index contributed by atoms with van der Waals surface area (Å²) in [5.41, 5.74) is -0.533. The second kappa shape index (κ2) is 9.85. The van der Waals surface area contributed by atoms with Crippen LogP contribution in [-0.4, -0.2) is 47.1 Å². The number of benzene rings is 3. The standard InChI is InChI=1S/C30H28BF3N2O5/c1-17-8-7-9-22(30(32,33)34)24(17)26(37)36-23-16-20(31-40-28(2,3)29(4,5)41-31)14-15-21(23)25(35-36)18-10-12-19(13-11-18)27(38)39-6/h7-16H,1-6H3. The lowest BCUT2D eigenvalue weighted by Crippen LogP contribution is -2.41. The Kier molecular flexibility index (Phi) is 6.86. The van der Waals surface area contributed by atoms with Crippen LogP contribution in [0.4, 0.5) is 13.2 Å². The molecule has 0 unspecified atom stereocenters. The minimum absolute atomic E-state index is 0.166. The van der Waals surface area contributed by atoms with E-state index in [-0.39, 0.29) is 11.1 Å². The van der Waals surface area contributed by atoms with Crippen LogP contribution >= 0.6 is 0 Å². The number of ether oxygens (including phenoxy) is 1. The molecule has 1 aliphatic rings. The van der Waals surface area contributed by atoms with Gasteiger partial charge in [-0.25, -0.2) is 4.79 Å². The zero-order valence-corrected chi connectivity index (χ0v) is 23.4. The molecule has 11 heteroatoms. The van der Waals surface area contributed by atoms with E-state index in [9.17, 15) is 22.8 Å². The lowest BCUT2D eigenvalue weighted by molar-refractivity contribution is -0.138. The Morgan fingerprint density at radius 1 is 0.951 bits per heavy atom. The van der Waals surface area contributed by atoms with Gasteiger partial charge in [0.2, 0.25) is 0 Å². The Morgan fingerprint density at radius 3 is 2.17 bits per heavy atom. The van der Waals surface area contributed by atoms with Gasteiger partial charge >= 0.3 is 19.3 Å². The van der Waals surface area contributed by atoms with E-state index in [1.807, 2.05) is 27.7 Å². The third-order valence-corrected chi connectivity index (χ3v) is 7.79. The van der Waals surface area contributed by atoms with Crippen LogP contribution in [0.1, 0.15) is 59.5 Å². The summed E-state index contributed by atoms with van der Waals surface area (Å²) in [5.74, 6) is -1.45. The maximum atomic E-state index is 14.0. The molecule has 1 aliphatic heterocycles. The van der Waals surface area contributed by atoms with Crippen molar-refractivity contribution in [2.24, 2.45) is 0 Å². The Bertz CT molecular complexity index is 1660. The summed E-state index contributed by atoms with van der Waals surface area (Å²) >= 11 is 0. The van der Waals surface area contributed by atoms with Crippen LogP contribution in [0.2, 0.25) is 0 Å². The van der Waals surface area contributed by atoms with Gasteiger partial charge in [-0.3, -0.25) is 4.79 Å². The number of methoxy groups -OCH3 is 1. The van der Waals surface area contributed by atoms with Crippen molar-refractivity contribution in [1.29, 1.82) is 0 Å². The molecule has 1 aromatic heterocycles. The summed E-state index contributed by atoms with van der Waals surface area (Å²) in [6.45, 7) is 9.09. The molecule has 4 aromatic rings. The molecule has 41 heavy (non-hydrogen) atoms. The monoisotopic (exact) mass is 564 g/mol. The first-order chi connectivity index (χ1) is 19.1. The first-order valence-corrected chi connectivity index (χ1v) is 12.9. The molecule has 7 nitrogen and oxygen atoms in total. The number of hydrogen-bond donors (Lipinski definition) is 0. The molecule has 0 amide bonds. The first kappa shape index (κ1) is 28.6. The first-order valence-electron chi connectivity index (χ1n) is 12.9. The fourth-order valence-electron chi connectivity index (χ4n) is 4.80. The minimum Gasteiger partial charge on any atom is -0.465 e. The highest BCUT2D eigenvalue weighted by atomic mass is 19.4. The molecule has 0 atom stereocenters. The van der Waals surface area contributed by atoms with Crippen LogP contribution < -0.4 is 5.46 Å². The largest absolute Gasteiger partial charge is 0.494 e. The van der Waals surface area contributed by atoms with Gasteiger partial charge in [0.25, 0.3) is 5.91 Å². The smallest absolute Gasteiger partial charge is 0.465 e. The molecule has 0 saturated carbocycles. The fraction of sp³-hybridized carbons (Fsp3) is 0.300. The second-order valence-electron chi connectivity index (χ2n) is 11.0. The van der Waals surface area contributed by atoms with E-state index in [0.29, 0.717) is 27.7 Å². The van der Waals surface area contributed by atoms with Crippen molar-refractivity contribution in [3.63, 3.8) is 0 Å². The van der Waals surface area contributed by atoms with Crippen LogP contribution in [0.15, 0.2) is 60.7 Å². The second-order valence-corrected chi connectivity index (χ2v) is 11.0. The number of rotatable bonds is 4. The highest BCUT2D eigenvalue weighted by Gasteiger charge is 2.51. The molecule has 3 aromatic carbocycles. The molecule has 2 heterocycles. The van der Waals surface area contributed by atoms with Gasteiger partial charge in [-0.2, -0.15) is 23.0 Å². The number of fused-ring (bicyclic) bond motifs is 1. The zero-order chi connectivity index (χ0) is 29.9. The van der Waals surface area contributed by atoms with Crippen molar-refractivity contribution >= 4 is 35.4 Å². The van der Waals surface area contributed by atoms with Gasteiger partial charge < -0.3 is 14.0 Å². The Labute approximate surface area is 235 Å². The highest BCUT2D eigenvalue weighted by molar-refractivity contribution is 6.62. The van der Waals surface area contributed by atoms with Gasteiger partial charge in [0.1, 0.15) is 5.69 Å². The van der Waals surface area contributed by atoms with E-state index in [1.54, 1.807) is 42.5 Å². The van der Waals surface area contributed by atoms with E-state index in [2.05, 4.69) is 5.10 Å². The van der Waals surface area contributed by atoms with Crippen molar-refractivity contribution in [3.05, 3.63) is 82.9 Å². The third kappa shape index (κ3) is 4.93. The van der Waals surface area contributed by atoms with E-state index in [0.717, 1.165) is 10.7 Å². The molecule has 1 saturated heterocycles. The average Bonchev–Trinajstić information content (AvgIpc) is 3.40. The zero-order valence-electron chi connectivity index (χ0n) is 23.4. The highest BCUT2D eigenvalue weighted by Crippen LogP contribution is 2.38. The molecule has 212 valence electrons. The number of aromatic nitrogens is 2. The molecule has 0 bridgehead atoms. The van der Waals surface area contributed by atoms with Crippen LogP contribution in [0, 0.1) is 6.92 Å². The average molecular weight is 564 g/mol. The number of carbonyl (C=O) groups is 2. The van der Waals surface area contributed by atoms with Gasteiger partial charge in [0.15, 0.2) is 0 Å². The molecule has 0 radical (unpaired) electrons. The normalized spacial score (nSPS) is 16.3. The Hall–Kier alpha value is -3.96. The number of hydrogen-bond acceptors (Lipinski definition) is 6. The van der Waals surface area contributed by atoms with Crippen molar-refractivity contribution < 1.29 is 36.8 Å². The minimum atomic E-state index is -4.75. The molecule has 0 spiro atoms. The third-order valence-electron chi connectivity index (χ3n) is 7.79. The summed E-state index contributed by atoms with van der Waals surface area (Å²) in [7, 11) is 0.505. The van der Waals surface area contributed by atoms with Crippen LogP contribution in [0.5, 0.6) is 0 Å². The van der Waals surface area contributed by atoms with Crippen molar-refractivity contribution in [1.82, 2.24) is 9.78 Å². The predicted octanol–water partition coefficient (Wildman–Crippen LogP) is 5.80. The van der Waals surface area contributed by atoms with E-state index < -0.39 is 47.5 Å². The summed E-state index contributed by atoms with van der Waals surface area (Å²) in [4.78, 5) is 25.8. The van der Waals surface area contributed by atoms with Crippen molar-refractivity contribution in [2.75, 3.05) is 7.11 Å². The SMILES string of the molecule is COC(=O)c1ccc(-c2nn(C(=O)c3c(C)cccc3C(F)(F)F)c3cc(B4OC(C)(C)C(C)(C)O4)ccc23)cc1. The van der Waals surface area contributed by atoms with Crippen LogP contribution in [0.3, 0.4) is 0 Å². The number of aryl methyl sites for hydroxylation is 1. The molecular weight excluding hydrogens is 536 g/mol. The number of nitrogens with zero attached hydrogens (tertiary/aromatic N) is 2. The topological polar surface area (TPSA) is 79.7 Å². The lowest BCUT2D eigenvalue weighted by atomic mass is 9.78. The van der Waals surface area contributed by atoms with Gasteiger partial charge in [-0.1, -0.05) is 36.4 Å². The maximum Gasteiger partial charge on any atom is 0.494 e. The van der Waals surface area contributed by atoms with Crippen LogP contribution in [-0.2, 0) is 20.2 Å². The Balaban J connectivity index is 1.70. The van der Waals surface area contributed by atoms with Crippen molar-refractivity contribution in [3.8, 4) is 11.3 Å². The maximum absolute atomic E-state index is 14.0. The molecule has 0 N–H and O–H groups in total.